The van der Waals surface area contributed by atoms with Crippen LogP contribution in [-0.2, 0) is 21.6 Å². The number of hydrogen-bond acceptors (Lipinski definition) is 3. The first-order valence-corrected chi connectivity index (χ1v) is 8.11. The molecular weight excluding hydrogens is 302 g/mol. The van der Waals surface area contributed by atoms with Gasteiger partial charge in [0.25, 0.3) is 5.91 Å². The number of nitrogens with zero attached hydrogens (tertiary/aromatic N) is 1. The maximum Gasteiger partial charge on any atom is 0.264 e. The molecule has 1 aliphatic heterocycles. The zero-order valence-corrected chi connectivity index (χ0v) is 14.0. The molecule has 2 aromatic rings. The van der Waals surface area contributed by atoms with Gasteiger partial charge in [-0.25, -0.2) is 0 Å². The van der Waals surface area contributed by atoms with Crippen LogP contribution in [0.25, 0.3) is 0 Å². The summed E-state index contributed by atoms with van der Waals surface area (Å²) >= 11 is 0. The topological polar surface area (TPSA) is 57.6 Å². The quantitative estimate of drug-likeness (QED) is 0.920. The lowest BCUT2D eigenvalue weighted by atomic mass is 9.89. The number of ketones is 1. The van der Waals surface area contributed by atoms with Crippen LogP contribution in [0, 0.1) is 6.92 Å². The fourth-order valence-corrected chi connectivity index (χ4v) is 3.42. The van der Waals surface area contributed by atoms with Crippen LogP contribution in [0.3, 0.4) is 0 Å². The summed E-state index contributed by atoms with van der Waals surface area (Å²) in [7, 11) is 0. The van der Waals surface area contributed by atoms with E-state index in [1.807, 2.05) is 49.4 Å². The minimum atomic E-state index is -1.75. The number of amides is 1. The molecule has 4 nitrogen and oxygen atoms in total. The third-order valence-electron chi connectivity index (χ3n) is 4.52. The first-order valence-electron chi connectivity index (χ1n) is 8.11. The largest absolute Gasteiger partial charge is 0.375 e. The van der Waals surface area contributed by atoms with Crippen LogP contribution in [0.5, 0.6) is 0 Å². The Labute approximate surface area is 141 Å². The van der Waals surface area contributed by atoms with Gasteiger partial charge in [-0.3, -0.25) is 9.59 Å². The third kappa shape index (κ3) is 2.74. The third-order valence-corrected chi connectivity index (χ3v) is 4.52. The van der Waals surface area contributed by atoms with Crippen LogP contribution < -0.4 is 4.90 Å². The zero-order chi connectivity index (χ0) is 17.3. The van der Waals surface area contributed by atoms with Crippen molar-refractivity contribution in [3.63, 3.8) is 0 Å². The highest BCUT2D eigenvalue weighted by Crippen LogP contribution is 2.44. The lowest BCUT2D eigenvalue weighted by molar-refractivity contribution is -0.141. The van der Waals surface area contributed by atoms with Crippen LogP contribution >= 0.6 is 0 Å². The predicted molar refractivity (Wildman–Crippen MR) is 92.9 cm³/mol. The summed E-state index contributed by atoms with van der Waals surface area (Å²) in [6.07, 6.45) is 0.501. The summed E-state index contributed by atoms with van der Waals surface area (Å²) in [4.78, 5) is 26.1. The molecule has 0 spiro atoms. The molecule has 0 saturated carbocycles. The Hall–Kier alpha value is -2.46. The van der Waals surface area contributed by atoms with Gasteiger partial charge in [-0.2, -0.15) is 0 Å². The van der Waals surface area contributed by atoms with Gasteiger partial charge >= 0.3 is 0 Å². The molecule has 0 aliphatic carbocycles. The highest BCUT2D eigenvalue weighted by Gasteiger charge is 2.50. The fourth-order valence-electron chi connectivity index (χ4n) is 3.42. The number of fused-ring (bicyclic) bond motifs is 1. The minimum Gasteiger partial charge on any atom is -0.375 e. The number of anilines is 1. The van der Waals surface area contributed by atoms with Crippen molar-refractivity contribution in [3.8, 4) is 0 Å². The van der Waals surface area contributed by atoms with E-state index in [9.17, 15) is 14.7 Å². The Bertz CT molecular complexity index is 785. The predicted octanol–water partition coefficient (Wildman–Crippen LogP) is 2.75. The minimum absolute atomic E-state index is 0.190. The Morgan fingerprint density at radius 1 is 1.12 bits per heavy atom. The average molecular weight is 323 g/mol. The standard InChI is InChI=1S/C20H21NO3/c1-14-7-6-10-17-18(14)21(12-11-16-8-4-3-5-9-16)19(23)20(17,24)13-15(2)22/h3-10,24H,11-13H2,1-2H3/t20-/m0/s1. The first kappa shape index (κ1) is 16.4. The van der Waals surface area contributed by atoms with E-state index >= 15 is 0 Å². The maximum atomic E-state index is 12.9. The highest BCUT2D eigenvalue weighted by atomic mass is 16.3. The van der Waals surface area contributed by atoms with Gasteiger partial charge in [-0.05, 0) is 31.4 Å². The van der Waals surface area contributed by atoms with E-state index in [0.29, 0.717) is 18.5 Å². The lowest BCUT2D eigenvalue weighted by Crippen LogP contribution is -2.42. The number of benzene rings is 2. The summed E-state index contributed by atoms with van der Waals surface area (Å²) in [6.45, 7) is 3.79. The Morgan fingerprint density at radius 3 is 2.50 bits per heavy atom. The van der Waals surface area contributed by atoms with Crippen molar-refractivity contribution >= 4 is 17.4 Å². The molecule has 3 rings (SSSR count). The molecule has 1 amide bonds. The summed E-state index contributed by atoms with van der Waals surface area (Å²) in [6, 6.07) is 15.4. The SMILES string of the molecule is CC(=O)C[C@@]1(O)C(=O)N(CCc2ccccc2)c2c(C)cccc21. The van der Waals surface area contributed by atoms with Gasteiger partial charge in [0.2, 0.25) is 0 Å². The van der Waals surface area contributed by atoms with Crippen LogP contribution in [0.15, 0.2) is 48.5 Å². The molecule has 0 bridgehead atoms. The average Bonchev–Trinajstić information content (AvgIpc) is 2.76. The molecule has 0 unspecified atom stereocenters. The second-order valence-electron chi connectivity index (χ2n) is 6.40. The van der Waals surface area contributed by atoms with E-state index in [1.165, 1.54) is 6.92 Å². The second kappa shape index (κ2) is 6.21. The number of hydrogen-bond donors (Lipinski definition) is 1. The Balaban J connectivity index is 1.96. The van der Waals surface area contributed by atoms with Crippen molar-refractivity contribution in [2.75, 3.05) is 11.4 Å². The van der Waals surface area contributed by atoms with E-state index in [1.54, 1.807) is 11.0 Å². The molecule has 1 heterocycles. The normalized spacial score (nSPS) is 19.5. The van der Waals surface area contributed by atoms with Gasteiger partial charge in [0.1, 0.15) is 5.78 Å². The summed E-state index contributed by atoms with van der Waals surface area (Å²) in [5, 5.41) is 11.0. The number of carbonyl (C=O) groups is 2. The van der Waals surface area contributed by atoms with Crippen LogP contribution in [0.1, 0.15) is 30.0 Å². The molecule has 0 radical (unpaired) electrons. The van der Waals surface area contributed by atoms with Crippen LogP contribution in [0.2, 0.25) is 0 Å². The number of Topliss-reactive ketones (excluding diaryl/α,β-unsaturated/α-hetero) is 1. The van der Waals surface area contributed by atoms with Crippen molar-refractivity contribution in [3.05, 3.63) is 65.2 Å². The van der Waals surface area contributed by atoms with Gasteiger partial charge in [0.05, 0.1) is 5.69 Å². The van der Waals surface area contributed by atoms with Gasteiger partial charge in [0.15, 0.2) is 5.60 Å². The number of para-hydroxylation sites is 1. The number of aliphatic hydroxyl groups is 1. The van der Waals surface area contributed by atoms with Crippen molar-refractivity contribution in [1.29, 1.82) is 0 Å². The maximum absolute atomic E-state index is 12.9. The van der Waals surface area contributed by atoms with E-state index in [4.69, 9.17) is 0 Å². The Kier molecular flexibility index (Phi) is 4.24. The molecule has 124 valence electrons. The van der Waals surface area contributed by atoms with E-state index < -0.39 is 11.5 Å². The molecule has 24 heavy (non-hydrogen) atoms. The summed E-state index contributed by atoms with van der Waals surface area (Å²) in [5.41, 5.74) is 1.58. The molecular formula is C20H21NO3. The van der Waals surface area contributed by atoms with Gasteiger partial charge in [0, 0.05) is 18.5 Å². The van der Waals surface area contributed by atoms with Crippen LogP contribution in [0.4, 0.5) is 5.69 Å². The molecule has 0 saturated heterocycles. The number of rotatable bonds is 5. The van der Waals surface area contributed by atoms with Gasteiger partial charge in [-0.1, -0.05) is 48.5 Å². The summed E-state index contributed by atoms with van der Waals surface area (Å²) in [5.74, 6) is -0.610. The van der Waals surface area contributed by atoms with Crippen molar-refractivity contribution in [2.24, 2.45) is 0 Å². The molecule has 1 aliphatic rings. The van der Waals surface area contributed by atoms with Crippen LogP contribution in [-0.4, -0.2) is 23.3 Å². The number of carbonyl (C=O) groups excluding carboxylic acids is 2. The molecule has 2 aromatic carbocycles. The smallest absolute Gasteiger partial charge is 0.264 e. The number of aryl methyl sites for hydroxylation is 1. The summed E-state index contributed by atoms with van der Waals surface area (Å²) < 4.78 is 0. The van der Waals surface area contributed by atoms with Gasteiger partial charge < -0.3 is 10.0 Å². The first-order chi connectivity index (χ1) is 11.4. The van der Waals surface area contributed by atoms with Gasteiger partial charge in [-0.15, -0.1) is 0 Å². The lowest BCUT2D eigenvalue weighted by Gasteiger charge is -2.22. The molecule has 1 atom stereocenters. The van der Waals surface area contributed by atoms with Crippen molar-refractivity contribution < 1.29 is 14.7 Å². The fraction of sp³-hybridized carbons (Fsp3) is 0.300. The van der Waals surface area contributed by atoms with Crippen molar-refractivity contribution in [2.45, 2.75) is 32.3 Å². The molecule has 0 aromatic heterocycles. The zero-order valence-electron chi connectivity index (χ0n) is 14.0. The van der Waals surface area contributed by atoms with Crippen molar-refractivity contribution in [1.82, 2.24) is 0 Å². The molecule has 1 N–H and O–H groups in total. The highest BCUT2D eigenvalue weighted by molar-refractivity contribution is 6.09. The second-order valence-corrected chi connectivity index (χ2v) is 6.40. The Morgan fingerprint density at radius 2 is 1.83 bits per heavy atom. The molecule has 0 fully saturated rings. The van der Waals surface area contributed by atoms with E-state index in [-0.39, 0.29) is 12.2 Å². The van der Waals surface area contributed by atoms with E-state index in [2.05, 4.69) is 0 Å². The molecule has 4 heteroatoms. The van der Waals surface area contributed by atoms with E-state index in [0.717, 1.165) is 16.8 Å². The monoisotopic (exact) mass is 323 g/mol.